The topological polar surface area (TPSA) is 285 Å². The fraction of sp³-hybridized carbons (Fsp3) is 0.712. The maximum Gasteiger partial charge on any atom is 0.311 e. The van der Waals surface area contributed by atoms with Crippen molar-refractivity contribution in [2.75, 3.05) is 93.8 Å². The number of benzene rings is 1. The highest BCUT2D eigenvalue weighted by Crippen LogP contribution is 2.30. The van der Waals surface area contributed by atoms with E-state index in [2.05, 4.69) is 26.0 Å². The van der Waals surface area contributed by atoms with Crippen LogP contribution in [0.15, 0.2) is 0 Å². The summed E-state index contributed by atoms with van der Waals surface area (Å²) in [5.41, 5.74) is 0. The number of unbranched alkanes of at least 4 members (excludes halogenated alkanes) is 3. The zero-order chi connectivity index (χ0) is 58.5. The van der Waals surface area contributed by atoms with Gasteiger partial charge in [0.1, 0.15) is 47.5 Å². The van der Waals surface area contributed by atoms with Crippen LogP contribution in [-0.4, -0.2) is 177 Å². The Morgan fingerprint density at radius 2 is 0.937 bits per heavy atom. The van der Waals surface area contributed by atoms with Gasteiger partial charge in [0.05, 0.1) is 52.7 Å². The number of methoxy groups -OCH3 is 3. The molecule has 27 heteroatoms. The molecule has 1 aliphatic heterocycles. The number of ether oxygens (including phenoxy) is 9. The van der Waals surface area contributed by atoms with Gasteiger partial charge in [-0.05, 0) is 19.3 Å². The van der Waals surface area contributed by atoms with Crippen molar-refractivity contribution < 1.29 is 108 Å². The van der Waals surface area contributed by atoms with Gasteiger partial charge in [-0.3, -0.25) is 43.2 Å². The third-order valence-corrected chi connectivity index (χ3v) is 11.8. The number of rotatable bonds is 45. The van der Waals surface area contributed by atoms with Gasteiger partial charge in [-0.2, -0.15) is 8.78 Å². The predicted octanol–water partition coefficient (Wildman–Crippen LogP) is 3.52. The summed E-state index contributed by atoms with van der Waals surface area (Å²) in [4.78, 5) is 113. The number of halogens is 5. The molecule has 1 heterocycles. The van der Waals surface area contributed by atoms with Crippen molar-refractivity contribution in [2.24, 2.45) is 0 Å². The summed E-state index contributed by atoms with van der Waals surface area (Å²) in [6.45, 7) is 1.30. The second-order valence-electron chi connectivity index (χ2n) is 18.2. The number of esters is 1. The molecule has 1 saturated heterocycles. The smallest absolute Gasteiger partial charge is 0.311 e. The lowest BCUT2D eigenvalue weighted by molar-refractivity contribution is -0.286. The number of carbonyl (C=O) groups excluding carboxylic acids is 9. The number of Topliss-reactive ketones (excluding diaryl/α,β-unsaturated/α-hetero) is 4. The van der Waals surface area contributed by atoms with Crippen molar-refractivity contribution >= 4 is 52.7 Å². The minimum atomic E-state index is -2.47. The van der Waals surface area contributed by atoms with Crippen LogP contribution < -0.4 is 26.0 Å². The Hall–Kier alpha value is -5.42. The van der Waals surface area contributed by atoms with E-state index in [4.69, 9.17) is 37.9 Å². The number of carbonyl (C=O) groups is 9. The minimum absolute atomic E-state index is 0.0112. The van der Waals surface area contributed by atoms with Gasteiger partial charge >= 0.3 is 5.97 Å². The third kappa shape index (κ3) is 29.0. The summed E-state index contributed by atoms with van der Waals surface area (Å²) < 4.78 is 119. The average Bonchev–Trinajstić information content (AvgIpc) is 3.41. The molecular weight excluding hydrogens is 1060 g/mol. The van der Waals surface area contributed by atoms with Gasteiger partial charge in [0.25, 0.3) is 0 Å². The first-order valence-corrected chi connectivity index (χ1v) is 26.2. The molecule has 22 nitrogen and oxygen atoms in total. The second kappa shape index (κ2) is 40.7. The van der Waals surface area contributed by atoms with E-state index in [-0.39, 0.29) is 134 Å². The summed E-state index contributed by atoms with van der Waals surface area (Å²) >= 11 is 0. The zero-order valence-electron chi connectivity index (χ0n) is 45.4. The standard InChI is InChI=1S/C52H77F5N4O18/c1-33(62)61-48-51(76-31-21-40(68)59-23-14-37(66)17-27-73-4)49(75-30-20-41(69)60-24-15-39(67)58-22-7-5-6-8-25-71-2)38(32-74-28-18-35(64)11-9-10-34(63)16-26-72-3)78-52(48)77-29-19-36(65)12-13-42(70)79-50-46(56)44(54)43(53)45(55)47(50)57/h38,48-49,51-52H,5-32H2,1-4H3,(H,58,67)(H,59,68)(H,60,69)(H,61,62)/t38?,48?,49-,51+,52+/m0/s1. The number of nitrogens with one attached hydrogen (secondary N) is 4. The van der Waals surface area contributed by atoms with E-state index in [9.17, 15) is 65.1 Å². The first-order chi connectivity index (χ1) is 37.8. The van der Waals surface area contributed by atoms with Gasteiger partial charge in [-0.25, -0.2) is 13.2 Å². The quantitative estimate of drug-likeness (QED) is 0.0182. The average molecular weight is 1140 g/mol. The van der Waals surface area contributed by atoms with Gasteiger partial charge in [-0.1, -0.05) is 12.8 Å². The van der Waals surface area contributed by atoms with Gasteiger partial charge in [0.2, 0.25) is 58.5 Å². The first kappa shape index (κ1) is 69.7. The van der Waals surface area contributed by atoms with Crippen LogP contribution in [-0.2, 0) is 81.0 Å². The van der Waals surface area contributed by atoms with Gasteiger partial charge < -0.3 is 63.9 Å². The first-order valence-electron chi connectivity index (χ1n) is 26.2. The minimum Gasteiger partial charge on any atom is -0.420 e. The van der Waals surface area contributed by atoms with E-state index >= 15 is 0 Å². The van der Waals surface area contributed by atoms with Crippen molar-refractivity contribution in [3.63, 3.8) is 0 Å². The lowest BCUT2D eigenvalue weighted by Crippen LogP contribution is -2.66. The van der Waals surface area contributed by atoms with Crippen molar-refractivity contribution in [3.05, 3.63) is 29.1 Å². The maximum atomic E-state index is 14.1. The van der Waals surface area contributed by atoms with Crippen LogP contribution in [0.25, 0.3) is 0 Å². The molecule has 1 aromatic carbocycles. The van der Waals surface area contributed by atoms with E-state index in [0.717, 1.165) is 32.6 Å². The van der Waals surface area contributed by atoms with Crippen molar-refractivity contribution in [3.8, 4) is 5.75 Å². The lowest BCUT2D eigenvalue weighted by atomic mass is 9.96. The molecule has 1 aromatic rings. The molecule has 5 atom stereocenters. The molecule has 0 spiro atoms. The fourth-order valence-corrected chi connectivity index (χ4v) is 7.59. The van der Waals surface area contributed by atoms with Gasteiger partial charge in [0, 0.05) is 125 Å². The number of hydrogen-bond donors (Lipinski definition) is 4. The molecule has 0 aromatic heterocycles. The molecule has 2 unspecified atom stereocenters. The maximum absolute atomic E-state index is 14.1. The molecule has 0 aliphatic carbocycles. The number of ketones is 4. The van der Waals surface area contributed by atoms with Crippen LogP contribution in [0.4, 0.5) is 22.0 Å². The molecule has 0 saturated carbocycles. The molecule has 1 fully saturated rings. The zero-order valence-corrected chi connectivity index (χ0v) is 45.4. The normalized spacial score (nSPS) is 16.9. The summed E-state index contributed by atoms with van der Waals surface area (Å²) in [7, 11) is 4.55. The van der Waals surface area contributed by atoms with E-state index in [1.54, 1.807) is 7.11 Å². The molecule has 1 aliphatic rings. The van der Waals surface area contributed by atoms with Crippen LogP contribution in [0.2, 0.25) is 0 Å². The molecule has 0 bridgehead atoms. The Labute approximate surface area is 456 Å². The van der Waals surface area contributed by atoms with Crippen LogP contribution >= 0.6 is 0 Å². The molecule has 448 valence electrons. The van der Waals surface area contributed by atoms with E-state index in [1.807, 2.05) is 0 Å². The largest absolute Gasteiger partial charge is 0.420 e. The lowest BCUT2D eigenvalue weighted by Gasteiger charge is -2.46. The van der Waals surface area contributed by atoms with Gasteiger partial charge in [0.15, 0.2) is 6.29 Å². The van der Waals surface area contributed by atoms with Crippen LogP contribution in [0.3, 0.4) is 0 Å². The summed E-state index contributed by atoms with van der Waals surface area (Å²) in [5, 5.41) is 10.8. The Bertz CT molecular complexity index is 2080. The van der Waals surface area contributed by atoms with Gasteiger partial charge in [-0.15, -0.1) is 0 Å². The van der Waals surface area contributed by atoms with Crippen LogP contribution in [0.1, 0.15) is 116 Å². The monoisotopic (exact) mass is 1140 g/mol. The highest BCUT2D eigenvalue weighted by Gasteiger charge is 2.49. The highest BCUT2D eigenvalue weighted by atomic mass is 19.2. The summed E-state index contributed by atoms with van der Waals surface area (Å²) in [5.74, 6) is -18.3. The molecule has 4 N–H and O–H groups in total. The summed E-state index contributed by atoms with van der Waals surface area (Å²) in [6.07, 6.45) is -3.06. The molecule has 2 rings (SSSR count). The molecular formula is C52H77F5N4O18. The third-order valence-electron chi connectivity index (χ3n) is 11.8. The van der Waals surface area contributed by atoms with E-state index < -0.39 is 121 Å². The summed E-state index contributed by atoms with van der Waals surface area (Å²) in [6, 6.07) is -1.28. The predicted molar refractivity (Wildman–Crippen MR) is 268 cm³/mol. The van der Waals surface area contributed by atoms with E-state index in [1.165, 1.54) is 14.2 Å². The van der Waals surface area contributed by atoms with Crippen molar-refractivity contribution in [2.45, 2.75) is 147 Å². The Kier molecular flexibility index (Phi) is 35.9. The number of hydrogen-bond acceptors (Lipinski definition) is 18. The van der Waals surface area contributed by atoms with Crippen LogP contribution in [0.5, 0.6) is 5.75 Å². The van der Waals surface area contributed by atoms with Crippen molar-refractivity contribution in [1.29, 1.82) is 0 Å². The Morgan fingerprint density at radius 1 is 0.456 bits per heavy atom. The Balaban J connectivity index is 2.28. The molecule has 4 amide bonds. The number of amides is 4. The SMILES string of the molecule is COCCCCCCNC(=O)CCNC(=O)CCO[C@H]1C(COCCC(=O)CCCC(=O)CCOC)O[C@@H](OCCC(=O)CCC(=O)Oc2c(F)c(F)c(F)c(F)c2F)C(NC(C)=O)[C@H]1OCCC(=O)NCCC(=O)CCOC. The van der Waals surface area contributed by atoms with E-state index in [0.29, 0.717) is 19.6 Å². The van der Waals surface area contributed by atoms with Crippen LogP contribution in [0, 0.1) is 29.1 Å². The van der Waals surface area contributed by atoms with Crippen molar-refractivity contribution in [1.82, 2.24) is 21.3 Å². The Morgan fingerprint density at radius 3 is 1.53 bits per heavy atom. The molecule has 0 radical (unpaired) electrons. The second-order valence-corrected chi connectivity index (χ2v) is 18.2. The fourth-order valence-electron chi connectivity index (χ4n) is 7.59. The highest BCUT2D eigenvalue weighted by molar-refractivity contribution is 5.84. The molecule has 79 heavy (non-hydrogen) atoms.